The molecule has 0 aliphatic carbocycles. The third-order valence-electron chi connectivity index (χ3n) is 2.83. The first-order chi connectivity index (χ1) is 8.70. The lowest BCUT2D eigenvalue weighted by molar-refractivity contribution is 0.584. The fraction of sp³-hybridized carbons (Fsp3) is 0.214. The number of halogens is 2. The molecule has 0 saturated heterocycles. The van der Waals surface area contributed by atoms with E-state index in [1.165, 1.54) is 5.56 Å². The van der Waals surface area contributed by atoms with Crippen molar-refractivity contribution >= 4 is 34.2 Å². The second kappa shape index (κ2) is 6.50. The first-order valence-corrected chi connectivity index (χ1v) is 7.18. The highest BCUT2D eigenvalue weighted by atomic mass is 127. The molecule has 0 bridgehead atoms. The van der Waals surface area contributed by atoms with Crippen molar-refractivity contribution in [2.45, 2.75) is 12.5 Å². The highest BCUT2D eigenvalue weighted by Crippen LogP contribution is 2.24. The summed E-state index contributed by atoms with van der Waals surface area (Å²) in [5, 5.41) is 4.11. The van der Waals surface area contributed by atoms with E-state index in [4.69, 9.17) is 11.6 Å². The Kier molecular flexibility index (Phi) is 4.97. The van der Waals surface area contributed by atoms with E-state index < -0.39 is 0 Å². The standard InChI is InChI=1S/C14H14ClIN2/c1-17-14(9-11-4-2-3-7-18-11)10-5-6-13(16)12(15)8-10/h2-8,14,17H,9H2,1H3. The van der Waals surface area contributed by atoms with Gasteiger partial charge in [0.2, 0.25) is 0 Å². The van der Waals surface area contributed by atoms with Crippen molar-refractivity contribution in [3.63, 3.8) is 0 Å². The fourth-order valence-electron chi connectivity index (χ4n) is 1.84. The molecule has 94 valence electrons. The van der Waals surface area contributed by atoms with Crippen LogP contribution in [-0.2, 0) is 6.42 Å². The van der Waals surface area contributed by atoms with Crippen molar-refractivity contribution in [3.8, 4) is 0 Å². The van der Waals surface area contributed by atoms with Crippen LogP contribution in [0.4, 0.5) is 0 Å². The normalized spacial score (nSPS) is 12.4. The lowest BCUT2D eigenvalue weighted by Crippen LogP contribution is -2.19. The van der Waals surface area contributed by atoms with Gasteiger partial charge in [-0.25, -0.2) is 0 Å². The van der Waals surface area contributed by atoms with Crippen LogP contribution in [0, 0.1) is 3.57 Å². The van der Waals surface area contributed by atoms with Crippen molar-refractivity contribution < 1.29 is 0 Å². The molecule has 2 aromatic rings. The first-order valence-electron chi connectivity index (χ1n) is 5.73. The average molecular weight is 373 g/mol. The second-order valence-corrected chi connectivity index (χ2v) is 5.61. The number of pyridine rings is 1. The Morgan fingerprint density at radius 3 is 2.78 bits per heavy atom. The van der Waals surface area contributed by atoms with E-state index in [1.54, 1.807) is 0 Å². The van der Waals surface area contributed by atoms with Gasteiger partial charge >= 0.3 is 0 Å². The molecule has 1 heterocycles. The number of rotatable bonds is 4. The van der Waals surface area contributed by atoms with Crippen LogP contribution in [0.25, 0.3) is 0 Å². The molecule has 0 radical (unpaired) electrons. The van der Waals surface area contributed by atoms with Gasteiger partial charge in [0.15, 0.2) is 0 Å². The van der Waals surface area contributed by atoms with Gasteiger partial charge < -0.3 is 5.32 Å². The SMILES string of the molecule is CNC(Cc1ccccn1)c1ccc(I)c(Cl)c1. The number of hydrogen-bond acceptors (Lipinski definition) is 2. The monoisotopic (exact) mass is 372 g/mol. The molecule has 1 atom stereocenters. The molecule has 1 unspecified atom stereocenters. The van der Waals surface area contributed by atoms with Gasteiger partial charge in [0, 0.05) is 27.9 Å². The zero-order valence-electron chi connectivity index (χ0n) is 10.0. The summed E-state index contributed by atoms with van der Waals surface area (Å²) in [5.74, 6) is 0. The lowest BCUT2D eigenvalue weighted by atomic mass is 10.0. The van der Waals surface area contributed by atoms with E-state index in [1.807, 2.05) is 43.6 Å². The van der Waals surface area contributed by atoms with Crippen molar-refractivity contribution in [2.75, 3.05) is 7.05 Å². The van der Waals surface area contributed by atoms with E-state index in [-0.39, 0.29) is 6.04 Å². The minimum Gasteiger partial charge on any atom is -0.313 e. The summed E-state index contributed by atoms with van der Waals surface area (Å²) in [6.45, 7) is 0. The second-order valence-electron chi connectivity index (χ2n) is 4.04. The molecule has 1 aromatic carbocycles. The Balaban J connectivity index is 2.20. The number of aromatic nitrogens is 1. The number of hydrogen-bond donors (Lipinski definition) is 1. The van der Waals surface area contributed by atoms with Gasteiger partial charge in [0.05, 0.1) is 5.02 Å². The van der Waals surface area contributed by atoms with Crippen molar-refractivity contribution in [3.05, 3.63) is 62.4 Å². The van der Waals surface area contributed by atoms with Gasteiger partial charge in [0.25, 0.3) is 0 Å². The van der Waals surface area contributed by atoms with E-state index in [2.05, 4.69) is 39.0 Å². The summed E-state index contributed by atoms with van der Waals surface area (Å²) in [4.78, 5) is 4.36. The Hall–Kier alpha value is -0.650. The van der Waals surface area contributed by atoms with Crippen molar-refractivity contribution in [1.82, 2.24) is 10.3 Å². The zero-order chi connectivity index (χ0) is 13.0. The average Bonchev–Trinajstić information content (AvgIpc) is 2.40. The summed E-state index contributed by atoms with van der Waals surface area (Å²) in [7, 11) is 1.96. The minimum atomic E-state index is 0.231. The van der Waals surface area contributed by atoms with Crippen LogP contribution in [0.2, 0.25) is 5.02 Å². The molecule has 18 heavy (non-hydrogen) atoms. The van der Waals surface area contributed by atoms with Gasteiger partial charge in [0.1, 0.15) is 0 Å². The molecule has 1 N–H and O–H groups in total. The van der Waals surface area contributed by atoms with Crippen molar-refractivity contribution in [2.24, 2.45) is 0 Å². The summed E-state index contributed by atoms with van der Waals surface area (Å²) < 4.78 is 1.07. The Labute approximate surface area is 126 Å². The highest BCUT2D eigenvalue weighted by molar-refractivity contribution is 14.1. The molecule has 0 spiro atoms. The molecule has 0 aliphatic heterocycles. The maximum absolute atomic E-state index is 6.17. The fourth-order valence-corrected chi connectivity index (χ4v) is 2.37. The van der Waals surface area contributed by atoms with E-state index in [9.17, 15) is 0 Å². The molecule has 1 aromatic heterocycles. The van der Waals surface area contributed by atoms with E-state index in [0.29, 0.717) is 0 Å². The lowest BCUT2D eigenvalue weighted by Gasteiger charge is -2.17. The molecule has 4 heteroatoms. The molecule has 2 nitrogen and oxygen atoms in total. The van der Waals surface area contributed by atoms with Gasteiger partial charge in [-0.05, 0) is 59.5 Å². The summed E-state index contributed by atoms with van der Waals surface area (Å²) in [5.41, 5.74) is 2.26. The van der Waals surface area contributed by atoms with Crippen LogP contribution >= 0.6 is 34.2 Å². The quantitative estimate of drug-likeness (QED) is 0.825. The molecular formula is C14H14ClIN2. The van der Waals surface area contributed by atoms with Crippen LogP contribution in [-0.4, -0.2) is 12.0 Å². The van der Waals surface area contributed by atoms with Crippen LogP contribution in [0.15, 0.2) is 42.6 Å². The highest BCUT2D eigenvalue weighted by Gasteiger charge is 2.12. The summed E-state index contributed by atoms with van der Waals surface area (Å²) >= 11 is 8.40. The van der Waals surface area contributed by atoms with Crippen LogP contribution in [0.3, 0.4) is 0 Å². The Morgan fingerprint density at radius 1 is 1.33 bits per heavy atom. The van der Waals surface area contributed by atoms with Gasteiger partial charge in [-0.15, -0.1) is 0 Å². The molecule has 2 rings (SSSR count). The topological polar surface area (TPSA) is 24.9 Å². The van der Waals surface area contributed by atoms with Gasteiger partial charge in [-0.3, -0.25) is 4.98 Å². The largest absolute Gasteiger partial charge is 0.313 e. The Morgan fingerprint density at radius 2 is 2.17 bits per heavy atom. The third kappa shape index (κ3) is 3.43. The predicted molar refractivity (Wildman–Crippen MR) is 83.9 cm³/mol. The van der Waals surface area contributed by atoms with Crippen LogP contribution in [0.5, 0.6) is 0 Å². The smallest absolute Gasteiger partial charge is 0.0542 e. The Bertz CT molecular complexity index is 516. The number of benzene rings is 1. The number of likely N-dealkylation sites (N-methyl/N-ethyl adjacent to an activating group) is 1. The van der Waals surface area contributed by atoms with Crippen molar-refractivity contribution in [1.29, 1.82) is 0 Å². The third-order valence-corrected chi connectivity index (χ3v) is 4.41. The van der Waals surface area contributed by atoms with E-state index >= 15 is 0 Å². The molecule has 0 aliphatic rings. The summed E-state index contributed by atoms with van der Waals surface area (Å²) in [6, 6.07) is 12.4. The van der Waals surface area contributed by atoms with Crippen LogP contribution in [0.1, 0.15) is 17.3 Å². The van der Waals surface area contributed by atoms with E-state index in [0.717, 1.165) is 20.7 Å². The first kappa shape index (κ1) is 13.8. The van der Waals surface area contributed by atoms with Crippen LogP contribution < -0.4 is 5.32 Å². The molecule has 0 saturated carbocycles. The van der Waals surface area contributed by atoms with Gasteiger partial charge in [-0.2, -0.15) is 0 Å². The summed E-state index contributed by atoms with van der Waals surface area (Å²) in [6.07, 6.45) is 2.68. The molecular weight excluding hydrogens is 359 g/mol. The maximum atomic E-state index is 6.17. The number of nitrogens with one attached hydrogen (secondary N) is 1. The predicted octanol–water partition coefficient (Wildman–Crippen LogP) is 3.84. The molecule has 0 amide bonds. The maximum Gasteiger partial charge on any atom is 0.0542 e. The van der Waals surface area contributed by atoms with Gasteiger partial charge in [-0.1, -0.05) is 23.7 Å². The molecule has 0 fully saturated rings. The minimum absolute atomic E-state index is 0.231. The number of nitrogens with zero attached hydrogens (tertiary/aromatic N) is 1. The zero-order valence-corrected chi connectivity index (χ0v) is 12.9.